The van der Waals surface area contributed by atoms with Gasteiger partial charge >= 0.3 is 0 Å². The van der Waals surface area contributed by atoms with Crippen LogP contribution < -0.4 is 5.32 Å². The normalized spacial score (nSPS) is 14.8. The van der Waals surface area contributed by atoms with Gasteiger partial charge < -0.3 is 9.73 Å². The summed E-state index contributed by atoms with van der Waals surface area (Å²) in [7, 11) is 2.14. The lowest BCUT2D eigenvalue weighted by atomic mass is 10.0. The van der Waals surface area contributed by atoms with Crippen LogP contribution in [0.1, 0.15) is 29.7 Å². The molecule has 21 heavy (non-hydrogen) atoms. The number of rotatable bonds is 8. The van der Waals surface area contributed by atoms with Crippen molar-refractivity contribution in [2.75, 3.05) is 13.6 Å². The van der Waals surface area contributed by atoms with Crippen molar-refractivity contribution in [3.05, 3.63) is 59.5 Å². The highest BCUT2D eigenvalue weighted by Gasteiger charge is 2.19. The summed E-state index contributed by atoms with van der Waals surface area (Å²) in [5.41, 5.74) is 2.88. The Morgan fingerprint density at radius 3 is 2.62 bits per heavy atom. The lowest BCUT2D eigenvalue weighted by Gasteiger charge is -2.18. The Balaban J connectivity index is 1.55. The maximum atomic E-state index is 5.42. The number of nitrogens with one attached hydrogen (secondary N) is 1. The fourth-order valence-electron chi connectivity index (χ4n) is 2.67. The van der Waals surface area contributed by atoms with E-state index in [4.69, 9.17) is 4.42 Å². The molecule has 1 heterocycles. The van der Waals surface area contributed by atoms with Crippen molar-refractivity contribution in [2.24, 2.45) is 0 Å². The number of hydrogen-bond donors (Lipinski definition) is 1. The Kier molecular flexibility index (Phi) is 4.73. The Bertz CT molecular complexity index is 546. The quantitative estimate of drug-likeness (QED) is 0.807. The molecule has 0 atom stereocenters. The first-order valence-electron chi connectivity index (χ1n) is 7.82. The first-order chi connectivity index (χ1) is 10.3. The molecular formula is C18H24N2O. The summed E-state index contributed by atoms with van der Waals surface area (Å²) in [6, 6.07) is 13.5. The highest BCUT2D eigenvalue weighted by Crippen LogP contribution is 2.19. The van der Waals surface area contributed by atoms with Crippen LogP contribution in [0.5, 0.6) is 0 Å². The molecule has 1 aliphatic rings. The smallest absolute Gasteiger partial charge is 0.117 e. The Morgan fingerprint density at radius 1 is 1.10 bits per heavy atom. The van der Waals surface area contributed by atoms with Gasteiger partial charge in [0.25, 0.3) is 0 Å². The molecule has 112 valence electrons. The minimum absolute atomic E-state index is 0.791. The third-order valence-electron chi connectivity index (χ3n) is 3.97. The molecular weight excluding hydrogens is 260 g/mol. The molecule has 0 unspecified atom stereocenters. The molecule has 3 nitrogen and oxygen atoms in total. The van der Waals surface area contributed by atoms with Gasteiger partial charge in [-0.15, -0.1) is 0 Å². The van der Waals surface area contributed by atoms with Gasteiger partial charge in [-0.05, 0) is 56.1 Å². The molecule has 1 aromatic carbocycles. The van der Waals surface area contributed by atoms with Gasteiger partial charge in [-0.3, -0.25) is 4.90 Å². The van der Waals surface area contributed by atoms with Gasteiger partial charge in [0.1, 0.15) is 5.76 Å². The Labute approximate surface area is 127 Å². The third kappa shape index (κ3) is 4.45. The summed E-state index contributed by atoms with van der Waals surface area (Å²) >= 11 is 0. The first-order valence-corrected chi connectivity index (χ1v) is 7.82. The van der Waals surface area contributed by atoms with Crippen LogP contribution in [0, 0.1) is 0 Å². The Hall–Kier alpha value is -1.58. The minimum Gasteiger partial charge on any atom is -0.468 e. The topological polar surface area (TPSA) is 28.4 Å². The molecule has 0 amide bonds. The summed E-state index contributed by atoms with van der Waals surface area (Å²) in [6.45, 7) is 2.89. The van der Waals surface area contributed by atoms with Crippen molar-refractivity contribution in [2.45, 2.75) is 38.4 Å². The molecule has 0 aliphatic heterocycles. The van der Waals surface area contributed by atoms with Gasteiger partial charge in [-0.2, -0.15) is 0 Å². The molecule has 2 aromatic rings. The SMILES string of the molecule is CN(Cc1ccco1)Cc1ccccc1CCNC1CC1. The standard InChI is InChI=1S/C18H24N2O/c1-20(14-18-7-4-12-21-18)13-16-6-3-2-5-15(16)10-11-19-17-8-9-17/h2-7,12,17,19H,8-11,13-14H2,1H3. The second kappa shape index (κ2) is 6.92. The number of furan rings is 1. The molecule has 1 fully saturated rings. The van der Waals surface area contributed by atoms with E-state index in [1.54, 1.807) is 6.26 Å². The Morgan fingerprint density at radius 2 is 1.90 bits per heavy atom. The van der Waals surface area contributed by atoms with Crippen molar-refractivity contribution in [1.82, 2.24) is 10.2 Å². The summed E-state index contributed by atoms with van der Waals surface area (Å²) in [5, 5.41) is 3.59. The molecule has 1 aliphatic carbocycles. The summed E-state index contributed by atoms with van der Waals surface area (Å²) in [6.07, 6.45) is 5.56. The number of nitrogens with zero attached hydrogens (tertiary/aromatic N) is 1. The zero-order chi connectivity index (χ0) is 14.5. The van der Waals surface area contributed by atoms with Gasteiger partial charge in [-0.1, -0.05) is 24.3 Å². The fourth-order valence-corrected chi connectivity index (χ4v) is 2.67. The third-order valence-corrected chi connectivity index (χ3v) is 3.97. The van der Waals surface area contributed by atoms with Crippen LogP contribution in [0.15, 0.2) is 47.1 Å². The second-order valence-electron chi connectivity index (χ2n) is 6.00. The minimum atomic E-state index is 0.791. The van der Waals surface area contributed by atoms with Crippen LogP contribution in [0.4, 0.5) is 0 Å². The molecule has 0 saturated heterocycles. The first kappa shape index (κ1) is 14.4. The van der Waals surface area contributed by atoms with E-state index < -0.39 is 0 Å². The van der Waals surface area contributed by atoms with Crippen LogP contribution in [-0.2, 0) is 19.5 Å². The monoisotopic (exact) mass is 284 g/mol. The van der Waals surface area contributed by atoms with Crippen molar-refractivity contribution in [3.63, 3.8) is 0 Å². The molecule has 1 N–H and O–H groups in total. The van der Waals surface area contributed by atoms with Gasteiger partial charge in [-0.25, -0.2) is 0 Å². The van der Waals surface area contributed by atoms with Gasteiger partial charge in [0.05, 0.1) is 12.8 Å². The van der Waals surface area contributed by atoms with Crippen molar-refractivity contribution in [1.29, 1.82) is 0 Å². The van der Waals surface area contributed by atoms with E-state index in [9.17, 15) is 0 Å². The number of benzene rings is 1. The molecule has 0 bridgehead atoms. The molecule has 1 saturated carbocycles. The van der Waals surface area contributed by atoms with E-state index in [1.165, 1.54) is 24.0 Å². The lowest BCUT2D eigenvalue weighted by Crippen LogP contribution is -2.21. The predicted octanol–water partition coefficient (Wildman–Crippen LogP) is 3.21. The van der Waals surface area contributed by atoms with Crippen LogP contribution in [-0.4, -0.2) is 24.5 Å². The molecule has 3 rings (SSSR count). The lowest BCUT2D eigenvalue weighted by molar-refractivity contribution is 0.287. The van der Waals surface area contributed by atoms with Crippen LogP contribution >= 0.6 is 0 Å². The van der Waals surface area contributed by atoms with Gasteiger partial charge in [0, 0.05) is 12.6 Å². The molecule has 1 aromatic heterocycles. The maximum absolute atomic E-state index is 5.42. The van der Waals surface area contributed by atoms with Crippen LogP contribution in [0.25, 0.3) is 0 Å². The molecule has 0 spiro atoms. The van der Waals surface area contributed by atoms with Gasteiger partial charge in [0.15, 0.2) is 0 Å². The van der Waals surface area contributed by atoms with Gasteiger partial charge in [0.2, 0.25) is 0 Å². The van der Waals surface area contributed by atoms with Crippen LogP contribution in [0.3, 0.4) is 0 Å². The molecule has 3 heteroatoms. The van der Waals surface area contributed by atoms with E-state index in [1.807, 2.05) is 12.1 Å². The number of hydrogen-bond acceptors (Lipinski definition) is 3. The van der Waals surface area contributed by atoms with E-state index in [0.717, 1.165) is 37.9 Å². The van der Waals surface area contributed by atoms with E-state index in [-0.39, 0.29) is 0 Å². The van der Waals surface area contributed by atoms with E-state index >= 15 is 0 Å². The fraction of sp³-hybridized carbons (Fsp3) is 0.444. The largest absolute Gasteiger partial charge is 0.468 e. The maximum Gasteiger partial charge on any atom is 0.117 e. The zero-order valence-corrected chi connectivity index (χ0v) is 12.7. The van der Waals surface area contributed by atoms with Crippen molar-refractivity contribution in [3.8, 4) is 0 Å². The summed E-state index contributed by atoms with van der Waals surface area (Å²) in [5.74, 6) is 1.02. The predicted molar refractivity (Wildman–Crippen MR) is 85.0 cm³/mol. The highest BCUT2D eigenvalue weighted by molar-refractivity contribution is 5.27. The average Bonchev–Trinajstić information content (AvgIpc) is 3.16. The highest BCUT2D eigenvalue weighted by atomic mass is 16.3. The average molecular weight is 284 g/mol. The van der Waals surface area contributed by atoms with Crippen molar-refractivity contribution >= 4 is 0 Å². The van der Waals surface area contributed by atoms with Crippen LogP contribution in [0.2, 0.25) is 0 Å². The van der Waals surface area contributed by atoms with E-state index in [2.05, 4.69) is 41.5 Å². The zero-order valence-electron chi connectivity index (χ0n) is 12.7. The summed E-state index contributed by atoms with van der Waals surface area (Å²) in [4.78, 5) is 2.30. The second-order valence-corrected chi connectivity index (χ2v) is 6.00. The van der Waals surface area contributed by atoms with Crippen molar-refractivity contribution < 1.29 is 4.42 Å². The van der Waals surface area contributed by atoms with E-state index in [0.29, 0.717) is 0 Å². The summed E-state index contributed by atoms with van der Waals surface area (Å²) < 4.78 is 5.42. The molecule has 0 radical (unpaired) electrons.